The molecule has 48 heavy (non-hydrogen) atoms. The minimum absolute atomic E-state index is 0.0342. The second-order valence-electron chi connectivity index (χ2n) is 12.0. The van der Waals surface area contributed by atoms with Crippen molar-refractivity contribution >= 4 is 38.4 Å². The van der Waals surface area contributed by atoms with Gasteiger partial charge in [0.25, 0.3) is 0 Å². The average Bonchev–Trinajstić information content (AvgIpc) is 3.78. The van der Waals surface area contributed by atoms with Crippen LogP contribution in [-0.2, 0) is 23.1 Å². The monoisotopic (exact) mass is 668 g/mol. The highest BCUT2D eigenvalue weighted by molar-refractivity contribution is 7.17. The second kappa shape index (κ2) is 12.3. The molecule has 1 amide bonds. The molecule has 0 bridgehead atoms. The Labute approximate surface area is 280 Å². The normalized spacial score (nSPS) is 16.1. The lowest BCUT2D eigenvalue weighted by atomic mass is 9.95. The molecule has 1 aliphatic rings. The number of hydrogen-bond acceptors (Lipinski definition) is 7. The van der Waals surface area contributed by atoms with Crippen molar-refractivity contribution in [1.82, 2.24) is 29.2 Å². The van der Waals surface area contributed by atoms with Gasteiger partial charge in [-0.25, -0.2) is 18.7 Å². The van der Waals surface area contributed by atoms with Crippen LogP contribution in [0.4, 0.5) is 8.78 Å². The summed E-state index contributed by atoms with van der Waals surface area (Å²) >= 11 is 1.48. The maximum atomic E-state index is 16.1. The van der Waals surface area contributed by atoms with Crippen molar-refractivity contribution in [3.8, 4) is 39.5 Å². The summed E-state index contributed by atoms with van der Waals surface area (Å²) in [6.45, 7) is 10.3. The van der Waals surface area contributed by atoms with E-state index in [0.29, 0.717) is 29.2 Å². The molecule has 0 N–H and O–H groups in total. The summed E-state index contributed by atoms with van der Waals surface area (Å²) in [6.07, 6.45) is 1.32. The number of carbonyl (C=O) groups excluding carboxylic acids is 1. The van der Waals surface area contributed by atoms with Gasteiger partial charge in [0.2, 0.25) is 5.91 Å². The Morgan fingerprint density at radius 2 is 1.90 bits per heavy atom. The summed E-state index contributed by atoms with van der Waals surface area (Å²) in [5.74, 6) is -0.799. The van der Waals surface area contributed by atoms with Gasteiger partial charge in [0.05, 0.1) is 51.9 Å². The van der Waals surface area contributed by atoms with E-state index in [-0.39, 0.29) is 42.5 Å². The van der Waals surface area contributed by atoms with E-state index in [4.69, 9.17) is 24.5 Å². The zero-order valence-electron chi connectivity index (χ0n) is 27.3. The summed E-state index contributed by atoms with van der Waals surface area (Å²) in [7, 11) is 3.50. The molecule has 0 aliphatic carbocycles. The molecule has 7 rings (SSSR count). The number of aryl methyl sites for hydroxylation is 2. The lowest BCUT2D eigenvalue weighted by Crippen LogP contribution is -2.46. The van der Waals surface area contributed by atoms with Gasteiger partial charge in [-0.15, -0.1) is 11.3 Å². The fourth-order valence-electron chi connectivity index (χ4n) is 6.68. The predicted molar refractivity (Wildman–Crippen MR) is 183 cm³/mol. The zero-order chi connectivity index (χ0) is 33.9. The minimum Gasteiger partial charge on any atom is -0.490 e. The van der Waals surface area contributed by atoms with E-state index in [9.17, 15) is 9.18 Å². The molecular weight excluding hydrogens is 634 g/mol. The number of rotatable bonds is 8. The third kappa shape index (κ3) is 5.15. The number of amides is 1. The first-order valence-corrected chi connectivity index (χ1v) is 16.5. The van der Waals surface area contributed by atoms with Crippen molar-refractivity contribution in [2.45, 2.75) is 39.4 Å². The highest BCUT2D eigenvalue weighted by Gasteiger charge is 2.34. The van der Waals surface area contributed by atoms with Crippen LogP contribution in [0.1, 0.15) is 31.4 Å². The molecule has 0 saturated heterocycles. The molecule has 5 heterocycles. The largest absolute Gasteiger partial charge is 0.490 e. The zero-order valence-corrected chi connectivity index (χ0v) is 28.1. The van der Waals surface area contributed by atoms with Crippen molar-refractivity contribution in [1.29, 1.82) is 0 Å². The van der Waals surface area contributed by atoms with Gasteiger partial charge in [-0.3, -0.25) is 9.48 Å². The molecule has 9 nitrogen and oxygen atoms in total. The molecule has 6 aromatic rings. The van der Waals surface area contributed by atoms with E-state index in [1.54, 1.807) is 4.90 Å². The third-order valence-corrected chi connectivity index (χ3v) is 9.96. The van der Waals surface area contributed by atoms with E-state index in [2.05, 4.69) is 6.58 Å². The van der Waals surface area contributed by atoms with Crippen LogP contribution in [0.25, 0.3) is 54.9 Å². The topological polar surface area (TPSA) is 87.3 Å². The predicted octanol–water partition coefficient (Wildman–Crippen LogP) is 7.47. The van der Waals surface area contributed by atoms with Gasteiger partial charge in [0, 0.05) is 48.8 Å². The molecule has 0 fully saturated rings. The lowest BCUT2D eigenvalue weighted by Gasteiger charge is -2.38. The van der Waals surface area contributed by atoms with Gasteiger partial charge >= 0.3 is 0 Å². The van der Waals surface area contributed by atoms with Gasteiger partial charge in [0.1, 0.15) is 41.2 Å². The van der Waals surface area contributed by atoms with Gasteiger partial charge < -0.3 is 18.9 Å². The van der Waals surface area contributed by atoms with E-state index in [0.717, 1.165) is 44.3 Å². The molecule has 246 valence electrons. The molecule has 0 unspecified atom stereocenters. The van der Waals surface area contributed by atoms with Crippen LogP contribution < -0.4 is 4.74 Å². The SMILES string of the molecule is C=CC(=O)N1[C@H](C)Cn2nc(-c3nc(-c4ccc5c(c4)nc(C)n5C)c4sccc4c3-c3c(F)cc(F)cc3OCCOC)cc2[C@@H]1C. The number of nitrogens with zero attached hydrogens (tertiary/aromatic N) is 6. The van der Waals surface area contributed by atoms with Crippen LogP contribution in [0.5, 0.6) is 5.75 Å². The van der Waals surface area contributed by atoms with Gasteiger partial charge in [-0.05, 0) is 56.5 Å². The minimum atomic E-state index is -0.787. The fraction of sp³-hybridized carbons (Fsp3) is 0.278. The number of halogens is 2. The number of aromatic nitrogens is 5. The fourth-order valence-corrected chi connectivity index (χ4v) is 7.60. The first kappa shape index (κ1) is 31.6. The average molecular weight is 669 g/mol. The molecule has 12 heteroatoms. The van der Waals surface area contributed by atoms with Gasteiger partial charge in [-0.1, -0.05) is 12.6 Å². The molecule has 0 spiro atoms. The van der Waals surface area contributed by atoms with Crippen LogP contribution in [0.15, 0.2) is 60.5 Å². The Balaban J connectivity index is 1.51. The number of imidazole rings is 1. The van der Waals surface area contributed by atoms with E-state index < -0.39 is 11.6 Å². The van der Waals surface area contributed by atoms with E-state index in [1.807, 2.05) is 72.8 Å². The quantitative estimate of drug-likeness (QED) is 0.124. The maximum Gasteiger partial charge on any atom is 0.246 e. The first-order valence-electron chi connectivity index (χ1n) is 15.6. The highest BCUT2D eigenvalue weighted by atomic mass is 32.1. The number of thiophene rings is 1. The molecule has 2 aromatic carbocycles. The maximum absolute atomic E-state index is 16.1. The number of benzene rings is 2. The standard InChI is InChI=1S/C36H34F2N6O3S/c1-7-31(45)44-19(2)18-43-29(20(44)3)17-27(41-43)35-32(33-25(38)15-23(37)16-30(33)47-12-11-46-6)24-10-13-48-36(24)34(40-35)22-8-9-28-26(14-22)39-21(4)42(28)5/h7-10,13-17,19-20H,1,11-12,18H2,2-6H3/t19-,20+/m1/s1. The third-order valence-electron chi connectivity index (χ3n) is 9.04. The van der Waals surface area contributed by atoms with Crippen molar-refractivity contribution in [2.24, 2.45) is 7.05 Å². The Morgan fingerprint density at radius 1 is 1.08 bits per heavy atom. The van der Waals surface area contributed by atoms with E-state index in [1.165, 1.54) is 30.6 Å². The van der Waals surface area contributed by atoms with Gasteiger partial charge in [-0.2, -0.15) is 5.10 Å². The van der Waals surface area contributed by atoms with Crippen LogP contribution in [0.2, 0.25) is 0 Å². The van der Waals surface area contributed by atoms with Crippen molar-refractivity contribution in [3.05, 3.63) is 83.7 Å². The molecular formula is C36H34F2N6O3S. The summed E-state index contributed by atoms with van der Waals surface area (Å²) in [5, 5.41) is 7.64. The summed E-state index contributed by atoms with van der Waals surface area (Å²) in [6, 6.07) is 11.4. The van der Waals surface area contributed by atoms with E-state index >= 15 is 4.39 Å². The summed E-state index contributed by atoms with van der Waals surface area (Å²) in [5.41, 5.74) is 5.55. The van der Waals surface area contributed by atoms with Crippen LogP contribution >= 0.6 is 11.3 Å². The van der Waals surface area contributed by atoms with Crippen LogP contribution in [-0.4, -0.2) is 61.5 Å². The smallest absolute Gasteiger partial charge is 0.246 e. The number of pyridine rings is 1. The summed E-state index contributed by atoms with van der Waals surface area (Å²) in [4.78, 5) is 24.6. The number of fused-ring (bicyclic) bond motifs is 3. The van der Waals surface area contributed by atoms with Gasteiger partial charge in [0.15, 0.2) is 0 Å². The number of methoxy groups -OCH3 is 1. The Bertz CT molecular complexity index is 2240. The number of carbonyl (C=O) groups is 1. The molecule has 0 saturated carbocycles. The molecule has 1 aliphatic heterocycles. The van der Waals surface area contributed by atoms with Crippen molar-refractivity contribution in [2.75, 3.05) is 20.3 Å². The molecule has 2 atom stereocenters. The number of ether oxygens (including phenoxy) is 2. The lowest BCUT2D eigenvalue weighted by molar-refractivity contribution is -0.131. The Hall–Kier alpha value is -4.94. The Kier molecular flexibility index (Phi) is 8.08. The van der Waals surface area contributed by atoms with Crippen LogP contribution in [0.3, 0.4) is 0 Å². The second-order valence-corrected chi connectivity index (χ2v) is 12.9. The van der Waals surface area contributed by atoms with Crippen molar-refractivity contribution in [3.63, 3.8) is 0 Å². The number of hydrogen-bond donors (Lipinski definition) is 0. The molecule has 4 aromatic heterocycles. The van der Waals surface area contributed by atoms with Crippen LogP contribution in [0, 0.1) is 18.6 Å². The van der Waals surface area contributed by atoms with Crippen molar-refractivity contribution < 1.29 is 23.0 Å². The summed E-state index contributed by atoms with van der Waals surface area (Å²) < 4.78 is 46.6. The highest BCUT2D eigenvalue weighted by Crippen LogP contribution is 2.47. The molecule has 0 radical (unpaired) electrons. The Morgan fingerprint density at radius 3 is 2.67 bits per heavy atom. The first-order chi connectivity index (χ1) is 23.1.